The van der Waals surface area contributed by atoms with Gasteiger partial charge in [-0.15, -0.1) is 0 Å². The maximum absolute atomic E-state index is 14.6. The van der Waals surface area contributed by atoms with Crippen LogP contribution in [0.2, 0.25) is 0 Å². The molecule has 8 nitrogen and oxygen atoms in total. The van der Waals surface area contributed by atoms with E-state index in [1.807, 2.05) is 0 Å². The van der Waals surface area contributed by atoms with Crippen LogP contribution in [0, 0.1) is 27.7 Å². The molecule has 1 aromatic heterocycles. The average Bonchev–Trinajstić information content (AvgIpc) is 2.81. The number of benzene rings is 2. The number of amides is 1. The van der Waals surface area contributed by atoms with Crippen LogP contribution in [0.3, 0.4) is 0 Å². The smallest absolute Gasteiger partial charge is 0.417 e. The standard InChI is InChI=1S/C23H17F5N4O4S/c1-12(10-29)35-19-8-18(25)20(9-17(19)24)36-22-16(6-13(11-31-22)23(26,27)28)21(33)32-14-4-3-5-15(7-14)37(2,30)34/h3-9,11-12,30H,1-2H3,(H,32,33). The predicted octanol–water partition coefficient (Wildman–Crippen LogP) is 5.75. The SMILES string of the molecule is CC(C#N)Oc1cc(F)c(Oc2ncc(C(F)(F)F)cc2C(=O)Nc2cccc(S(C)(=N)=O)c2)cc1F. The third-order valence-corrected chi connectivity index (χ3v) is 5.80. The minimum absolute atomic E-state index is 0.00183. The van der Waals surface area contributed by atoms with Gasteiger partial charge in [-0.1, -0.05) is 6.07 Å². The molecule has 2 N–H and O–H groups in total. The Bertz CT molecular complexity index is 1500. The lowest BCUT2D eigenvalue weighted by atomic mass is 10.1. The number of halogens is 5. The number of nitriles is 1. The van der Waals surface area contributed by atoms with Crippen LogP contribution in [0.25, 0.3) is 0 Å². The van der Waals surface area contributed by atoms with Crippen molar-refractivity contribution in [2.24, 2.45) is 0 Å². The fourth-order valence-electron chi connectivity index (χ4n) is 2.87. The number of ether oxygens (including phenoxy) is 2. The summed E-state index contributed by atoms with van der Waals surface area (Å²) in [7, 11) is -3.16. The molecular weight excluding hydrogens is 523 g/mol. The number of nitrogens with zero attached hydrogens (tertiary/aromatic N) is 2. The van der Waals surface area contributed by atoms with E-state index in [0.29, 0.717) is 24.4 Å². The van der Waals surface area contributed by atoms with Crippen LogP contribution in [0.4, 0.5) is 27.6 Å². The Labute approximate surface area is 207 Å². The highest BCUT2D eigenvalue weighted by atomic mass is 32.2. The van der Waals surface area contributed by atoms with Crippen LogP contribution in [0.1, 0.15) is 22.8 Å². The van der Waals surface area contributed by atoms with E-state index < -0.39 is 68.1 Å². The summed E-state index contributed by atoms with van der Waals surface area (Å²) >= 11 is 0. The Hall–Kier alpha value is -4.25. The Morgan fingerprint density at radius 1 is 1.16 bits per heavy atom. The van der Waals surface area contributed by atoms with Crippen LogP contribution < -0.4 is 14.8 Å². The summed E-state index contributed by atoms with van der Waals surface area (Å²) in [6.45, 7) is 1.29. The van der Waals surface area contributed by atoms with Gasteiger partial charge in [0.05, 0.1) is 15.3 Å². The van der Waals surface area contributed by atoms with Crippen molar-refractivity contribution in [1.82, 2.24) is 4.98 Å². The number of carbonyl (C=O) groups is 1. The van der Waals surface area contributed by atoms with Gasteiger partial charge in [-0.2, -0.15) is 18.4 Å². The van der Waals surface area contributed by atoms with E-state index in [2.05, 4.69) is 10.3 Å². The number of pyridine rings is 1. The minimum Gasteiger partial charge on any atom is -0.473 e. The van der Waals surface area contributed by atoms with E-state index in [-0.39, 0.29) is 10.6 Å². The second kappa shape index (κ2) is 10.4. The molecule has 0 fully saturated rings. The topological polar surface area (TPSA) is 125 Å². The van der Waals surface area contributed by atoms with Gasteiger partial charge in [0.2, 0.25) is 5.88 Å². The third-order valence-electron chi connectivity index (χ3n) is 4.64. The van der Waals surface area contributed by atoms with Crippen molar-refractivity contribution in [2.45, 2.75) is 24.1 Å². The van der Waals surface area contributed by atoms with Gasteiger partial charge in [-0.05, 0) is 31.2 Å². The van der Waals surface area contributed by atoms with E-state index in [9.17, 15) is 31.0 Å². The van der Waals surface area contributed by atoms with Gasteiger partial charge >= 0.3 is 6.18 Å². The summed E-state index contributed by atoms with van der Waals surface area (Å²) in [6, 6.07) is 8.45. The molecule has 2 unspecified atom stereocenters. The third kappa shape index (κ3) is 6.70. The molecule has 1 heterocycles. The van der Waals surface area contributed by atoms with Crippen molar-refractivity contribution in [3.63, 3.8) is 0 Å². The Morgan fingerprint density at radius 2 is 1.81 bits per heavy atom. The number of hydrogen-bond acceptors (Lipinski definition) is 7. The van der Waals surface area contributed by atoms with Crippen molar-refractivity contribution in [1.29, 1.82) is 10.0 Å². The average molecular weight is 540 g/mol. The van der Waals surface area contributed by atoms with E-state index in [1.165, 1.54) is 31.2 Å². The molecule has 0 aliphatic rings. The van der Waals surface area contributed by atoms with Crippen LogP contribution in [-0.2, 0) is 15.9 Å². The van der Waals surface area contributed by atoms with Crippen LogP contribution >= 0.6 is 0 Å². The number of anilines is 1. The highest BCUT2D eigenvalue weighted by Gasteiger charge is 2.33. The molecule has 0 radical (unpaired) electrons. The number of rotatable bonds is 7. The number of alkyl halides is 3. The molecule has 0 saturated carbocycles. The lowest BCUT2D eigenvalue weighted by molar-refractivity contribution is -0.137. The number of aromatic nitrogens is 1. The first-order chi connectivity index (χ1) is 17.2. The minimum atomic E-state index is -4.90. The van der Waals surface area contributed by atoms with Crippen molar-refractivity contribution in [3.8, 4) is 23.4 Å². The molecular formula is C23H17F5N4O4S. The quantitative estimate of drug-likeness (QED) is 0.368. The molecule has 3 rings (SSSR count). The van der Waals surface area contributed by atoms with Gasteiger partial charge in [-0.3, -0.25) is 4.79 Å². The monoisotopic (exact) mass is 540 g/mol. The van der Waals surface area contributed by atoms with E-state index >= 15 is 0 Å². The predicted molar refractivity (Wildman–Crippen MR) is 121 cm³/mol. The zero-order valence-corrected chi connectivity index (χ0v) is 19.8. The summed E-state index contributed by atoms with van der Waals surface area (Å²) in [4.78, 5) is 16.4. The zero-order chi connectivity index (χ0) is 27.5. The van der Waals surface area contributed by atoms with Gasteiger partial charge in [0, 0.05) is 35.2 Å². The maximum Gasteiger partial charge on any atom is 0.417 e. The molecule has 3 aromatic rings. The second-order valence-corrected chi connectivity index (χ2v) is 9.76. The van der Waals surface area contributed by atoms with Crippen molar-refractivity contribution in [3.05, 3.63) is 71.4 Å². The fraction of sp³-hybridized carbons (Fsp3) is 0.174. The molecule has 194 valence electrons. The van der Waals surface area contributed by atoms with E-state index in [4.69, 9.17) is 19.5 Å². The largest absolute Gasteiger partial charge is 0.473 e. The van der Waals surface area contributed by atoms with Gasteiger partial charge in [-0.25, -0.2) is 22.8 Å². The molecule has 2 aromatic carbocycles. The first-order valence-corrected chi connectivity index (χ1v) is 12.1. The lowest BCUT2D eigenvalue weighted by Gasteiger charge is -2.15. The van der Waals surface area contributed by atoms with Crippen molar-refractivity contribution >= 4 is 21.3 Å². The maximum atomic E-state index is 14.6. The molecule has 0 bridgehead atoms. The first-order valence-electron chi connectivity index (χ1n) is 10.1. The normalized spacial score (nSPS) is 13.7. The molecule has 14 heteroatoms. The molecule has 37 heavy (non-hydrogen) atoms. The summed E-state index contributed by atoms with van der Waals surface area (Å²) < 4.78 is 98.5. The van der Waals surface area contributed by atoms with Crippen LogP contribution in [0.5, 0.6) is 17.4 Å². The zero-order valence-electron chi connectivity index (χ0n) is 19.0. The fourth-order valence-corrected chi connectivity index (χ4v) is 3.56. The first kappa shape index (κ1) is 27.3. The highest BCUT2D eigenvalue weighted by molar-refractivity contribution is 7.91. The van der Waals surface area contributed by atoms with Gasteiger partial charge < -0.3 is 14.8 Å². The van der Waals surface area contributed by atoms with Gasteiger partial charge in [0.25, 0.3) is 5.91 Å². The number of carbonyl (C=O) groups excluding carboxylic acids is 1. The molecule has 2 atom stereocenters. The van der Waals surface area contributed by atoms with Gasteiger partial charge in [0.15, 0.2) is 29.2 Å². The Morgan fingerprint density at radius 3 is 2.43 bits per heavy atom. The lowest BCUT2D eigenvalue weighted by Crippen LogP contribution is -2.16. The number of hydrogen-bond donors (Lipinski definition) is 2. The number of nitrogens with one attached hydrogen (secondary N) is 2. The summed E-state index contributed by atoms with van der Waals surface area (Å²) in [5, 5.41) is 11.0. The van der Waals surface area contributed by atoms with Gasteiger partial charge in [0.1, 0.15) is 11.6 Å². The Balaban J connectivity index is 2.01. The summed E-state index contributed by atoms with van der Waals surface area (Å²) in [5.41, 5.74) is -2.10. The van der Waals surface area contributed by atoms with Crippen molar-refractivity contribution < 1.29 is 40.4 Å². The van der Waals surface area contributed by atoms with Crippen LogP contribution in [0.15, 0.2) is 53.6 Å². The second-order valence-electron chi connectivity index (χ2n) is 7.60. The summed E-state index contributed by atoms with van der Waals surface area (Å²) in [6.07, 6.45) is -4.52. The van der Waals surface area contributed by atoms with E-state index in [0.717, 1.165) is 6.26 Å². The summed E-state index contributed by atoms with van der Waals surface area (Å²) in [5.74, 6) is -5.74. The molecule has 0 aliphatic heterocycles. The van der Waals surface area contributed by atoms with Crippen LogP contribution in [-0.4, -0.2) is 27.5 Å². The molecule has 0 aliphatic carbocycles. The van der Waals surface area contributed by atoms with E-state index in [1.54, 1.807) is 6.07 Å². The Kier molecular flexibility index (Phi) is 7.68. The highest BCUT2D eigenvalue weighted by Crippen LogP contribution is 2.35. The van der Waals surface area contributed by atoms with Crippen molar-refractivity contribution in [2.75, 3.05) is 11.6 Å². The molecule has 1 amide bonds. The molecule has 0 saturated heterocycles. The molecule has 0 spiro atoms.